The SMILES string of the molecule is Fc1ccc(CNC2CC3CCC2C3)cc1-c1cccs1. The van der Waals surface area contributed by atoms with Crippen LogP contribution in [-0.2, 0) is 6.54 Å². The van der Waals surface area contributed by atoms with E-state index in [1.165, 1.54) is 31.2 Å². The molecule has 1 heterocycles. The van der Waals surface area contributed by atoms with Crippen LogP contribution in [-0.4, -0.2) is 6.04 Å². The van der Waals surface area contributed by atoms with Crippen LogP contribution in [0, 0.1) is 17.7 Å². The van der Waals surface area contributed by atoms with E-state index in [4.69, 9.17) is 0 Å². The highest BCUT2D eigenvalue weighted by Gasteiger charge is 2.38. The molecular weight excluding hydrogens is 281 g/mol. The van der Waals surface area contributed by atoms with Gasteiger partial charge in [-0.3, -0.25) is 0 Å². The lowest BCUT2D eigenvalue weighted by Gasteiger charge is -2.23. The topological polar surface area (TPSA) is 12.0 Å². The third-order valence-corrected chi connectivity index (χ3v) is 6.03. The highest BCUT2D eigenvalue weighted by atomic mass is 32.1. The average Bonchev–Trinajstić information content (AvgIpc) is 3.23. The van der Waals surface area contributed by atoms with E-state index in [2.05, 4.69) is 5.32 Å². The lowest BCUT2D eigenvalue weighted by molar-refractivity contribution is 0.350. The van der Waals surface area contributed by atoms with E-state index in [-0.39, 0.29) is 5.82 Å². The van der Waals surface area contributed by atoms with E-state index in [0.29, 0.717) is 6.04 Å². The molecule has 3 heteroatoms. The number of fused-ring (bicyclic) bond motifs is 2. The quantitative estimate of drug-likeness (QED) is 0.852. The summed E-state index contributed by atoms with van der Waals surface area (Å²) in [5.41, 5.74) is 1.92. The van der Waals surface area contributed by atoms with Crippen molar-refractivity contribution in [2.75, 3.05) is 0 Å². The first-order chi connectivity index (χ1) is 10.3. The summed E-state index contributed by atoms with van der Waals surface area (Å²) >= 11 is 1.59. The van der Waals surface area contributed by atoms with Crippen LogP contribution in [0.3, 0.4) is 0 Å². The van der Waals surface area contributed by atoms with Crippen molar-refractivity contribution in [2.24, 2.45) is 11.8 Å². The Hall–Kier alpha value is -1.19. The van der Waals surface area contributed by atoms with Crippen LogP contribution in [0.4, 0.5) is 4.39 Å². The van der Waals surface area contributed by atoms with Gasteiger partial charge in [0, 0.05) is 23.0 Å². The van der Waals surface area contributed by atoms with Gasteiger partial charge in [-0.25, -0.2) is 4.39 Å². The van der Waals surface area contributed by atoms with E-state index in [9.17, 15) is 4.39 Å². The van der Waals surface area contributed by atoms with Crippen molar-refractivity contribution >= 4 is 11.3 Å². The maximum Gasteiger partial charge on any atom is 0.131 e. The summed E-state index contributed by atoms with van der Waals surface area (Å²) in [7, 11) is 0. The molecule has 110 valence electrons. The fourth-order valence-electron chi connectivity index (χ4n) is 4.05. The molecule has 2 aliphatic rings. The Morgan fingerprint density at radius 1 is 1.19 bits per heavy atom. The Kier molecular flexibility index (Phi) is 3.56. The number of halogens is 1. The van der Waals surface area contributed by atoms with Crippen LogP contribution in [0.25, 0.3) is 10.4 Å². The zero-order chi connectivity index (χ0) is 14.2. The molecule has 0 radical (unpaired) electrons. The van der Waals surface area contributed by atoms with E-state index in [1.807, 2.05) is 29.6 Å². The molecule has 4 rings (SSSR count). The third kappa shape index (κ3) is 2.65. The van der Waals surface area contributed by atoms with Gasteiger partial charge in [0.2, 0.25) is 0 Å². The van der Waals surface area contributed by atoms with Gasteiger partial charge in [0.15, 0.2) is 0 Å². The van der Waals surface area contributed by atoms with E-state index in [1.54, 1.807) is 17.4 Å². The van der Waals surface area contributed by atoms with Crippen LogP contribution in [0.2, 0.25) is 0 Å². The van der Waals surface area contributed by atoms with E-state index >= 15 is 0 Å². The fourth-order valence-corrected chi connectivity index (χ4v) is 4.79. The maximum atomic E-state index is 14.0. The van der Waals surface area contributed by atoms with Gasteiger partial charge < -0.3 is 5.32 Å². The Bertz CT molecular complexity index is 622. The predicted molar refractivity (Wildman–Crippen MR) is 85.8 cm³/mol. The highest BCUT2D eigenvalue weighted by molar-refractivity contribution is 7.13. The second-order valence-corrected chi connectivity index (χ2v) is 7.40. The van der Waals surface area contributed by atoms with Crippen molar-refractivity contribution < 1.29 is 4.39 Å². The lowest BCUT2D eigenvalue weighted by atomic mass is 9.95. The van der Waals surface area contributed by atoms with Gasteiger partial charge in [0.25, 0.3) is 0 Å². The number of hydrogen-bond acceptors (Lipinski definition) is 2. The summed E-state index contributed by atoms with van der Waals surface area (Å²) in [5.74, 6) is 1.72. The molecule has 1 aromatic carbocycles. The van der Waals surface area contributed by atoms with Gasteiger partial charge in [-0.1, -0.05) is 18.6 Å². The molecule has 3 unspecified atom stereocenters. The normalized spacial score (nSPS) is 27.4. The van der Waals surface area contributed by atoms with Crippen molar-refractivity contribution in [1.82, 2.24) is 5.32 Å². The minimum atomic E-state index is -0.124. The van der Waals surface area contributed by atoms with Crippen LogP contribution in [0.5, 0.6) is 0 Å². The first kappa shape index (κ1) is 13.5. The van der Waals surface area contributed by atoms with Crippen molar-refractivity contribution in [1.29, 1.82) is 0 Å². The molecule has 2 fully saturated rings. The molecule has 0 saturated heterocycles. The molecule has 1 aromatic heterocycles. The van der Waals surface area contributed by atoms with Gasteiger partial charge in [0.05, 0.1) is 0 Å². The Morgan fingerprint density at radius 2 is 2.14 bits per heavy atom. The smallest absolute Gasteiger partial charge is 0.131 e. The highest BCUT2D eigenvalue weighted by Crippen LogP contribution is 2.44. The molecule has 3 atom stereocenters. The molecule has 2 aromatic rings. The van der Waals surface area contributed by atoms with Crippen LogP contribution < -0.4 is 5.32 Å². The Balaban J connectivity index is 1.47. The summed E-state index contributed by atoms with van der Waals surface area (Å²) in [6, 6.07) is 10.1. The predicted octanol–water partition coefficient (Wildman–Crippen LogP) is 4.83. The van der Waals surface area contributed by atoms with Crippen molar-refractivity contribution in [3.63, 3.8) is 0 Å². The second-order valence-electron chi connectivity index (χ2n) is 6.45. The van der Waals surface area contributed by atoms with Crippen molar-refractivity contribution in [3.8, 4) is 10.4 Å². The molecule has 0 aliphatic heterocycles. The fraction of sp³-hybridized carbons (Fsp3) is 0.444. The van der Waals surface area contributed by atoms with Crippen LogP contribution in [0.15, 0.2) is 35.7 Å². The number of hydrogen-bond donors (Lipinski definition) is 1. The van der Waals surface area contributed by atoms with Gasteiger partial charge in [-0.05, 0) is 60.2 Å². The standard InChI is InChI=1S/C18H20FNS/c19-16-6-4-13(9-15(16)18-2-1-7-21-18)11-20-17-10-12-3-5-14(17)8-12/h1-2,4,6-7,9,12,14,17,20H,3,5,8,10-11H2. The largest absolute Gasteiger partial charge is 0.310 e. The summed E-state index contributed by atoms with van der Waals surface area (Å²) in [6.45, 7) is 0.854. The number of rotatable bonds is 4. The Labute approximate surface area is 129 Å². The van der Waals surface area contributed by atoms with Crippen molar-refractivity contribution in [3.05, 3.63) is 47.1 Å². The molecule has 0 spiro atoms. The minimum absolute atomic E-state index is 0.124. The number of nitrogens with one attached hydrogen (secondary N) is 1. The molecule has 2 bridgehead atoms. The van der Waals surface area contributed by atoms with Gasteiger partial charge in [-0.15, -0.1) is 11.3 Å². The molecule has 2 saturated carbocycles. The summed E-state index contributed by atoms with van der Waals surface area (Å²) in [4.78, 5) is 1.01. The number of thiophene rings is 1. The summed E-state index contributed by atoms with van der Waals surface area (Å²) in [5, 5.41) is 5.70. The van der Waals surface area contributed by atoms with Crippen LogP contribution >= 0.6 is 11.3 Å². The third-order valence-electron chi connectivity index (χ3n) is 5.12. The molecule has 0 amide bonds. The van der Waals surface area contributed by atoms with Gasteiger partial charge >= 0.3 is 0 Å². The van der Waals surface area contributed by atoms with Gasteiger partial charge in [-0.2, -0.15) is 0 Å². The molecule has 2 aliphatic carbocycles. The first-order valence-corrected chi connectivity index (χ1v) is 8.73. The minimum Gasteiger partial charge on any atom is -0.310 e. The van der Waals surface area contributed by atoms with E-state index in [0.717, 1.165) is 28.8 Å². The van der Waals surface area contributed by atoms with Gasteiger partial charge in [0.1, 0.15) is 5.82 Å². The van der Waals surface area contributed by atoms with E-state index < -0.39 is 0 Å². The zero-order valence-corrected chi connectivity index (χ0v) is 12.8. The van der Waals surface area contributed by atoms with Crippen LogP contribution in [0.1, 0.15) is 31.2 Å². The Morgan fingerprint density at radius 3 is 2.86 bits per heavy atom. The van der Waals surface area contributed by atoms with Crippen molar-refractivity contribution in [2.45, 2.75) is 38.3 Å². The number of benzene rings is 1. The zero-order valence-electron chi connectivity index (χ0n) is 12.0. The molecule has 1 nitrogen and oxygen atoms in total. The monoisotopic (exact) mass is 301 g/mol. The first-order valence-electron chi connectivity index (χ1n) is 7.85. The molecular formula is C18H20FNS. The molecule has 21 heavy (non-hydrogen) atoms. The molecule has 1 N–H and O–H groups in total. The second kappa shape index (κ2) is 5.54. The lowest BCUT2D eigenvalue weighted by Crippen LogP contribution is -2.33. The average molecular weight is 301 g/mol. The summed E-state index contributed by atoms with van der Waals surface area (Å²) in [6.07, 6.45) is 5.58. The maximum absolute atomic E-state index is 14.0. The summed E-state index contributed by atoms with van der Waals surface area (Å²) < 4.78 is 14.0.